The van der Waals surface area contributed by atoms with E-state index >= 15 is 0 Å². The van der Waals surface area contributed by atoms with Gasteiger partial charge >= 0.3 is 0 Å². The first-order chi connectivity index (χ1) is 14.8. The van der Waals surface area contributed by atoms with Gasteiger partial charge < -0.3 is 4.98 Å². The average Bonchev–Trinajstić information content (AvgIpc) is 3.12. The van der Waals surface area contributed by atoms with E-state index in [-0.39, 0.29) is 11.0 Å². The summed E-state index contributed by atoms with van der Waals surface area (Å²) in [6.45, 7) is 7.11. The van der Waals surface area contributed by atoms with Crippen molar-refractivity contribution >= 4 is 43.3 Å². The van der Waals surface area contributed by atoms with Gasteiger partial charge in [0.2, 0.25) is 0 Å². The fourth-order valence-electron chi connectivity index (χ4n) is 3.48. The zero-order valence-electron chi connectivity index (χ0n) is 17.8. The van der Waals surface area contributed by atoms with E-state index < -0.39 is 0 Å². The highest BCUT2D eigenvalue weighted by molar-refractivity contribution is 9.10. The number of nitrogens with zero attached hydrogens (tertiary/aromatic N) is 1. The number of aromatic nitrogens is 2. The smallest absolute Gasteiger partial charge is 0.251 e. The lowest BCUT2D eigenvalue weighted by molar-refractivity contribution is 0.567. The predicted molar refractivity (Wildman–Crippen MR) is 133 cm³/mol. The number of para-hydroxylation sites is 1. The standard InChI is InChI=1S/C24H25BrN4OS/c1-24(2,3)21-20(13-17-12-16-8-4-5-10-19(16)27-22(17)30)31-23(28-21)29-26-14-15-7-6-9-18(25)11-15/h4-12,26H,13-14H2,1-3H3,(H,27,30)(H,28,29). The van der Waals surface area contributed by atoms with Crippen LogP contribution in [-0.2, 0) is 18.4 Å². The van der Waals surface area contributed by atoms with E-state index in [4.69, 9.17) is 4.98 Å². The van der Waals surface area contributed by atoms with Crippen LogP contribution < -0.4 is 16.4 Å². The third-order valence-electron chi connectivity index (χ3n) is 4.97. The van der Waals surface area contributed by atoms with E-state index in [1.54, 1.807) is 11.3 Å². The van der Waals surface area contributed by atoms with Crippen LogP contribution >= 0.6 is 27.3 Å². The Balaban J connectivity index is 1.56. The second-order valence-corrected chi connectivity index (χ2v) is 10.5. The summed E-state index contributed by atoms with van der Waals surface area (Å²) in [7, 11) is 0. The molecule has 2 aromatic heterocycles. The van der Waals surface area contributed by atoms with Gasteiger partial charge in [-0.2, -0.15) is 0 Å². The van der Waals surface area contributed by atoms with E-state index in [2.05, 4.69) is 64.7 Å². The number of hydrogen-bond acceptors (Lipinski definition) is 5. The van der Waals surface area contributed by atoms with Crippen LogP contribution in [0.5, 0.6) is 0 Å². The summed E-state index contributed by atoms with van der Waals surface area (Å²) in [4.78, 5) is 21.6. The highest BCUT2D eigenvalue weighted by Crippen LogP contribution is 2.33. The molecule has 0 aliphatic rings. The van der Waals surface area contributed by atoms with Crippen molar-refractivity contribution < 1.29 is 0 Å². The Morgan fingerprint density at radius 2 is 1.90 bits per heavy atom. The first kappa shape index (κ1) is 21.7. The van der Waals surface area contributed by atoms with Crippen LogP contribution in [0.2, 0.25) is 0 Å². The molecule has 0 saturated carbocycles. The fraction of sp³-hybridized carbons (Fsp3) is 0.250. The van der Waals surface area contributed by atoms with Crippen LogP contribution in [0.3, 0.4) is 0 Å². The van der Waals surface area contributed by atoms with Crippen LogP contribution in [0.25, 0.3) is 10.9 Å². The number of benzene rings is 2. The Hall–Kier alpha value is -2.48. The van der Waals surface area contributed by atoms with E-state index in [9.17, 15) is 4.79 Å². The number of fused-ring (bicyclic) bond motifs is 1. The molecule has 4 aromatic rings. The summed E-state index contributed by atoms with van der Waals surface area (Å²) in [5.74, 6) is 0. The Bertz CT molecular complexity index is 1270. The minimum Gasteiger partial charge on any atom is -0.322 e. The number of rotatable bonds is 6. The molecule has 3 N–H and O–H groups in total. The van der Waals surface area contributed by atoms with E-state index in [1.807, 2.05) is 42.5 Å². The molecule has 2 aromatic carbocycles. The number of hydrazine groups is 1. The average molecular weight is 497 g/mol. The predicted octanol–water partition coefficient (Wildman–Crippen LogP) is 5.75. The van der Waals surface area contributed by atoms with Gasteiger partial charge in [0, 0.05) is 38.8 Å². The largest absolute Gasteiger partial charge is 0.322 e. The molecular formula is C24H25BrN4OS. The van der Waals surface area contributed by atoms with Gasteiger partial charge in [0.25, 0.3) is 5.56 Å². The molecule has 0 fully saturated rings. The lowest BCUT2D eigenvalue weighted by Crippen LogP contribution is -2.21. The molecular weight excluding hydrogens is 472 g/mol. The minimum absolute atomic E-state index is 0.0470. The first-order valence-electron chi connectivity index (χ1n) is 10.1. The number of hydrogen-bond donors (Lipinski definition) is 3. The minimum atomic E-state index is -0.125. The zero-order valence-corrected chi connectivity index (χ0v) is 20.2. The Morgan fingerprint density at radius 3 is 2.68 bits per heavy atom. The monoisotopic (exact) mass is 496 g/mol. The molecule has 31 heavy (non-hydrogen) atoms. The van der Waals surface area contributed by atoms with Crippen LogP contribution in [0, 0.1) is 0 Å². The lowest BCUT2D eigenvalue weighted by Gasteiger charge is -2.17. The van der Waals surface area contributed by atoms with Gasteiger partial charge in [0.1, 0.15) is 0 Å². The number of halogens is 1. The number of nitrogens with one attached hydrogen (secondary N) is 3. The number of aromatic amines is 1. The van der Waals surface area contributed by atoms with Crippen molar-refractivity contribution in [3.05, 3.63) is 91.1 Å². The number of anilines is 1. The maximum atomic E-state index is 12.7. The van der Waals surface area contributed by atoms with Crippen molar-refractivity contribution in [2.24, 2.45) is 0 Å². The fourth-order valence-corrected chi connectivity index (χ4v) is 5.09. The van der Waals surface area contributed by atoms with Crippen LogP contribution in [-0.4, -0.2) is 9.97 Å². The zero-order chi connectivity index (χ0) is 22.0. The van der Waals surface area contributed by atoms with Crippen molar-refractivity contribution in [1.82, 2.24) is 15.4 Å². The molecule has 0 atom stereocenters. The van der Waals surface area contributed by atoms with E-state index in [1.165, 1.54) is 0 Å². The molecule has 4 rings (SSSR count). The van der Waals surface area contributed by atoms with Gasteiger partial charge in [-0.3, -0.25) is 10.2 Å². The van der Waals surface area contributed by atoms with Crippen molar-refractivity contribution in [1.29, 1.82) is 0 Å². The molecule has 0 aliphatic carbocycles. The van der Waals surface area contributed by atoms with Gasteiger partial charge in [-0.1, -0.05) is 67.0 Å². The van der Waals surface area contributed by atoms with Gasteiger partial charge in [-0.05, 0) is 35.2 Å². The normalized spacial score (nSPS) is 11.7. The Kier molecular flexibility index (Phi) is 6.27. The summed E-state index contributed by atoms with van der Waals surface area (Å²) < 4.78 is 1.05. The SMILES string of the molecule is CC(C)(C)c1nc(NNCc2cccc(Br)c2)sc1Cc1cc2ccccc2[nH]c1=O. The first-order valence-corrected chi connectivity index (χ1v) is 11.7. The highest BCUT2D eigenvalue weighted by atomic mass is 79.9. The Labute approximate surface area is 194 Å². The number of H-pyrrole nitrogens is 1. The van der Waals surface area contributed by atoms with Crippen molar-refractivity contribution in [3.8, 4) is 0 Å². The summed E-state index contributed by atoms with van der Waals surface area (Å²) in [6.07, 6.45) is 0.553. The van der Waals surface area contributed by atoms with Crippen molar-refractivity contribution in [2.45, 2.75) is 39.2 Å². The molecule has 0 saturated heterocycles. The summed E-state index contributed by atoms with van der Waals surface area (Å²) in [5, 5.41) is 1.83. The molecule has 0 spiro atoms. The van der Waals surface area contributed by atoms with Crippen molar-refractivity contribution in [3.63, 3.8) is 0 Å². The highest BCUT2D eigenvalue weighted by Gasteiger charge is 2.24. The molecule has 0 amide bonds. The molecule has 5 nitrogen and oxygen atoms in total. The molecule has 0 aliphatic heterocycles. The lowest BCUT2D eigenvalue weighted by atomic mass is 9.90. The second kappa shape index (κ2) is 8.94. The molecule has 0 bridgehead atoms. The van der Waals surface area contributed by atoms with Gasteiger partial charge in [-0.25, -0.2) is 10.4 Å². The molecule has 2 heterocycles. The summed E-state index contributed by atoms with van der Waals surface area (Å²) >= 11 is 5.09. The van der Waals surface area contributed by atoms with Crippen LogP contribution in [0.4, 0.5) is 5.13 Å². The molecule has 0 unspecified atom stereocenters. The Morgan fingerprint density at radius 1 is 1.10 bits per heavy atom. The quantitative estimate of drug-likeness (QED) is 0.297. The van der Waals surface area contributed by atoms with Gasteiger partial charge in [-0.15, -0.1) is 11.3 Å². The summed E-state index contributed by atoms with van der Waals surface area (Å²) in [5.41, 5.74) is 10.1. The number of pyridine rings is 1. The van der Waals surface area contributed by atoms with Crippen LogP contribution in [0.1, 0.15) is 42.5 Å². The van der Waals surface area contributed by atoms with Crippen molar-refractivity contribution in [2.75, 3.05) is 5.43 Å². The third-order valence-corrected chi connectivity index (χ3v) is 6.43. The molecule has 160 valence electrons. The van der Waals surface area contributed by atoms with Gasteiger partial charge in [0.15, 0.2) is 5.13 Å². The van der Waals surface area contributed by atoms with E-state index in [0.29, 0.717) is 13.0 Å². The summed E-state index contributed by atoms with van der Waals surface area (Å²) in [6, 6.07) is 18.0. The van der Waals surface area contributed by atoms with Crippen LogP contribution in [0.15, 0.2) is 63.9 Å². The maximum absolute atomic E-state index is 12.7. The van der Waals surface area contributed by atoms with E-state index in [0.717, 1.165) is 42.2 Å². The van der Waals surface area contributed by atoms with Gasteiger partial charge in [0.05, 0.1) is 5.69 Å². The maximum Gasteiger partial charge on any atom is 0.251 e. The topological polar surface area (TPSA) is 69.8 Å². The molecule has 0 radical (unpaired) electrons. The molecule has 7 heteroatoms. The number of thiazole rings is 1. The third kappa shape index (κ3) is 5.23. The second-order valence-electron chi connectivity index (χ2n) is 8.54.